The molecule has 0 fully saturated rings. The minimum absolute atomic E-state index is 0.0831. The number of amides is 2. The zero-order valence-corrected chi connectivity index (χ0v) is 15.6. The van der Waals surface area contributed by atoms with E-state index in [1.807, 2.05) is 0 Å². The Balaban J connectivity index is 2.73. The molecular formula is C18H23F3N2O5. The number of nitrogens with one attached hydrogen (secondary N) is 2. The molecule has 0 aliphatic rings. The van der Waals surface area contributed by atoms with Crippen LogP contribution in [0.25, 0.3) is 0 Å². The van der Waals surface area contributed by atoms with E-state index < -0.39 is 42.2 Å². The molecule has 1 rings (SSSR count). The van der Waals surface area contributed by atoms with Crippen LogP contribution in [0.5, 0.6) is 0 Å². The van der Waals surface area contributed by atoms with E-state index in [-0.39, 0.29) is 18.9 Å². The van der Waals surface area contributed by atoms with Gasteiger partial charge in [-0.25, -0.2) is 9.59 Å². The standard InChI is InChI=1S/C18H23F3N2O5/c1-3-9-27-15(24)11-14(16(25)28-10-4-2)23-17(26)22-13-7-5-12(6-8-13)18(19,20)21/h5-8,14H,3-4,9-11H2,1-2H3,(H2,22,23,26). The van der Waals surface area contributed by atoms with E-state index in [2.05, 4.69) is 10.6 Å². The molecule has 0 bridgehead atoms. The van der Waals surface area contributed by atoms with Crippen molar-refractivity contribution in [2.24, 2.45) is 0 Å². The number of hydrogen-bond acceptors (Lipinski definition) is 5. The van der Waals surface area contributed by atoms with Gasteiger partial charge in [0, 0.05) is 5.69 Å². The molecule has 0 radical (unpaired) electrons. The third-order valence-electron chi connectivity index (χ3n) is 3.35. The minimum Gasteiger partial charge on any atom is -0.466 e. The van der Waals surface area contributed by atoms with Crippen LogP contribution in [-0.4, -0.2) is 37.2 Å². The van der Waals surface area contributed by atoms with Gasteiger partial charge in [0.25, 0.3) is 0 Å². The van der Waals surface area contributed by atoms with E-state index in [0.29, 0.717) is 12.8 Å². The molecule has 10 heteroatoms. The molecule has 0 heterocycles. The van der Waals surface area contributed by atoms with Gasteiger partial charge in [0.15, 0.2) is 0 Å². The van der Waals surface area contributed by atoms with Crippen molar-refractivity contribution in [2.75, 3.05) is 18.5 Å². The van der Waals surface area contributed by atoms with Crippen molar-refractivity contribution in [1.82, 2.24) is 5.32 Å². The van der Waals surface area contributed by atoms with Gasteiger partial charge < -0.3 is 20.1 Å². The summed E-state index contributed by atoms with van der Waals surface area (Å²) in [5, 5.41) is 4.58. The highest BCUT2D eigenvalue weighted by molar-refractivity contribution is 5.93. The van der Waals surface area contributed by atoms with Gasteiger partial charge in [0.1, 0.15) is 6.04 Å². The second-order valence-corrected chi connectivity index (χ2v) is 5.82. The van der Waals surface area contributed by atoms with Crippen molar-refractivity contribution >= 4 is 23.7 Å². The normalized spacial score (nSPS) is 12.0. The average Bonchev–Trinajstić information content (AvgIpc) is 2.63. The first-order valence-corrected chi connectivity index (χ1v) is 8.74. The Morgan fingerprint density at radius 1 is 1.00 bits per heavy atom. The summed E-state index contributed by atoms with van der Waals surface area (Å²) in [5.41, 5.74) is -0.780. The number of anilines is 1. The molecule has 1 atom stereocenters. The lowest BCUT2D eigenvalue weighted by atomic mass is 10.2. The number of alkyl halides is 3. The lowest BCUT2D eigenvalue weighted by Gasteiger charge is -2.17. The molecule has 0 saturated heterocycles. The smallest absolute Gasteiger partial charge is 0.416 e. The van der Waals surface area contributed by atoms with Crippen LogP contribution in [0.4, 0.5) is 23.7 Å². The number of ether oxygens (including phenoxy) is 2. The van der Waals surface area contributed by atoms with Crippen molar-refractivity contribution in [1.29, 1.82) is 0 Å². The lowest BCUT2D eigenvalue weighted by molar-refractivity contribution is -0.152. The van der Waals surface area contributed by atoms with Gasteiger partial charge in [0.05, 0.1) is 25.2 Å². The number of carbonyl (C=O) groups is 3. The van der Waals surface area contributed by atoms with E-state index >= 15 is 0 Å². The quantitative estimate of drug-likeness (QED) is 0.615. The van der Waals surface area contributed by atoms with E-state index in [0.717, 1.165) is 24.3 Å². The van der Waals surface area contributed by atoms with Gasteiger partial charge in [-0.1, -0.05) is 13.8 Å². The SMILES string of the molecule is CCCOC(=O)CC(NC(=O)Nc1ccc(C(F)(F)F)cc1)C(=O)OCCC. The maximum Gasteiger partial charge on any atom is 0.416 e. The van der Waals surface area contributed by atoms with Crippen molar-refractivity contribution in [3.05, 3.63) is 29.8 Å². The lowest BCUT2D eigenvalue weighted by Crippen LogP contribution is -2.45. The van der Waals surface area contributed by atoms with E-state index in [4.69, 9.17) is 9.47 Å². The van der Waals surface area contributed by atoms with E-state index in [9.17, 15) is 27.6 Å². The fourth-order valence-electron chi connectivity index (χ4n) is 2.01. The van der Waals surface area contributed by atoms with Crippen LogP contribution in [0, 0.1) is 0 Å². The first-order valence-electron chi connectivity index (χ1n) is 8.74. The highest BCUT2D eigenvalue weighted by Crippen LogP contribution is 2.29. The Kier molecular flexibility index (Phi) is 9.26. The maximum absolute atomic E-state index is 12.6. The Bertz CT molecular complexity index is 662. The fourth-order valence-corrected chi connectivity index (χ4v) is 2.01. The Hall–Kier alpha value is -2.78. The van der Waals surface area contributed by atoms with Crippen LogP contribution < -0.4 is 10.6 Å². The molecule has 0 saturated carbocycles. The highest BCUT2D eigenvalue weighted by atomic mass is 19.4. The predicted molar refractivity (Wildman–Crippen MR) is 94.5 cm³/mol. The van der Waals surface area contributed by atoms with Crippen LogP contribution >= 0.6 is 0 Å². The first-order chi connectivity index (χ1) is 13.2. The van der Waals surface area contributed by atoms with Crippen molar-refractivity contribution in [3.8, 4) is 0 Å². The second-order valence-electron chi connectivity index (χ2n) is 5.82. The van der Waals surface area contributed by atoms with Crippen LogP contribution in [-0.2, 0) is 25.2 Å². The number of carbonyl (C=O) groups excluding carboxylic acids is 3. The summed E-state index contributed by atoms with van der Waals surface area (Å²) >= 11 is 0. The zero-order valence-electron chi connectivity index (χ0n) is 15.6. The molecule has 7 nitrogen and oxygen atoms in total. The molecule has 0 spiro atoms. The molecule has 0 aliphatic carbocycles. The highest BCUT2D eigenvalue weighted by Gasteiger charge is 2.30. The maximum atomic E-state index is 12.6. The van der Waals surface area contributed by atoms with Crippen molar-refractivity contribution in [2.45, 2.75) is 45.3 Å². The van der Waals surface area contributed by atoms with E-state index in [1.165, 1.54) is 0 Å². The van der Waals surface area contributed by atoms with Crippen LogP contribution in [0.3, 0.4) is 0 Å². The topological polar surface area (TPSA) is 93.7 Å². The summed E-state index contributed by atoms with van der Waals surface area (Å²) in [4.78, 5) is 35.9. The third kappa shape index (κ3) is 8.28. The number of esters is 2. The molecule has 28 heavy (non-hydrogen) atoms. The van der Waals surface area contributed by atoms with Gasteiger partial charge >= 0.3 is 24.1 Å². The number of urea groups is 1. The largest absolute Gasteiger partial charge is 0.466 e. The Labute approximate surface area is 160 Å². The number of hydrogen-bond donors (Lipinski definition) is 2. The molecule has 2 amide bonds. The summed E-state index contributed by atoms with van der Waals surface area (Å²) in [6.45, 7) is 3.87. The molecule has 156 valence electrons. The molecule has 1 aromatic carbocycles. The second kappa shape index (κ2) is 11.2. The number of rotatable bonds is 9. The summed E-state index contributed by atoms with van der Waals surface area (Å²) in [7, 11) is 0. The fraction of sp³-hybridized carbons (Fsp3) is 0.500. The van der Waals surface area contributed by atoms with Gasteiger partial charge in [0.2, 0.25) is 0 Å². The van der Waals surface area contributed by atoms with Crippen LogP contribution in [0.2, 0.25) is 0 Å². The van der Waals surface area contributed by atoms with Gasteiger partial charge in [-0.15, -0.1) is 0 Å². The number of halogens is 3. The molecule has 2 N–H and O–H groups in total. The van der Waals surface area contributed by atoms with Crippen molar-refractivity contribution < 1.29 is 37.0 Å². The summed E-state index contributed by atoms with van der Waals surface area (Å²) < 4.78 is 47.5. The molecule has 0 aliphatic heterocycles. The van der Waals surface area contributed by atoms with Gasteiger partial charge in [-0.3, -0.25) is 4.79 Å². The summed E-state index contributed by atoms with van der Waals surface area (Å²) in [6.07, 6.45) is -3.77. The minimum atomic E-state index is -4.49. The summed E-state index contributed by atoms with van der Waals surface area (Å²) in [5.74, 6) is -1.49. The average molecular weight is 404 g/mol. The van der Waals surface area contributed by atoms with Crippen LogP contribution in [0.15, 0.2) is 24.3 Å². The first kappa shape index (κ1) is 23.3. The monoisotopic (exact) mass is 404 g/mol. The third-order valence-corrected chi connectivity index (χ3v) is 3.35. The number of benzene rings is 1. The van der Waals surface area contributed by atoms with E-state index in [1.54, 1.807) is 13.8 Å². The summed E-state index contributed by atoms with van der Waals surface area (Å²) in [6, 6.07) is 1.60. The Morgan fingerprint density at radius 2 is 1.57 bits per heavy atom. The zero-order chi connectivity index (χ0) is 21.2. The van der Waals surface area contributed by atoms with Gasteiger partial charge in [-0.05, 0) is 37.1 Å². The molecule has 1 aromatic rings. The molecular weight excluding hydrogens is 381 g/mol. The molecule has 1 unspecified atom stereocenters. The van der Waals surface area contributed by atoms with Crippen LogP contribution in [0.1, 0.15) is 38.7 Å². The van der Waals surface area contributed by atoms with Crippen molar-refractivity contribution in [3.63, 3.8) is 0 Å². The molecule has 0 aromatic heterocycles. The van der Waals surface area contributed by atoms with Gasteiger partial charge in [-0.2, -0.15) is 13.2 Å². The Morgan fingerprint density at radius 3 is 2.11 bits per heavy atom. The predicted octanol–water partition coefficient (Wildman–Crippen LogP) is 3.49.